The number of carbonyl (C=O) groups is 1. The maximum absolute atomic E-state index is 12.8. The monoisotopic (exact) mass is 378 g/mol. The number of rotatable bonds is 7. The molecule has 2 aromatic rings. The topological polar surface area (TPSA) is 26.3 Å². The summed E-state index contributed by atoms with van der Waals surface area (Å²) in [6.07, 6.45) is -4.00. The van der Waals surface area contributed by atoms with Crippen LogP contribution in [0.5, 0.6) is 0 Å². The number of hydrogen-bond donors (Lipinski definition) is 0. The highest BCUT2D eigenvalue weighted by Crippen LogP contribution is 2.31. The van der Waals surface area contributed by atoms with E-state index < -0.39 is 17.8 Å². The van der Waals surface area contributed by atoms with Gasteiger partial charge in [-0.2, -0.15) is 13.2 Å². The molecular weight excluding hydrogens is 353 g/mol. The molecule has 0 spiro atoms. The van der Waals surface area contributed by atoms with Crippen LogP contribution < -0.4 is 0 Å². The molecule has 2 rings (SSSR count). The van der Waals surface area contributed by atoms with Gasteiger partial charge in [0.25, 0.3) is 0 Å². The van der Waals surface area contributed by atoms with E-state index >= 15 is 0 Å². The summed E-state index contributed by atoms with van der Waals surface area (Å²) >= 11 is 0. The fraction of sp³-hybridized carbons (Fsp3) is 0.409. The molecule has 146 valence electrons. The Morgan fingerprint density at radius 1 is 0.963 bits per heavy atom. The zero-order valence-corrected chi connectivity index (χ0v) is 15.8. The summed E-state index contributed by atoms with van der Waals surface area (Å²) in [6.45, 7) is 5.75. The second-order valence-corrected chi connectivity index (χ2v) is 7.22. The molecule has 2 aromatic carbocycles. The van der Waals surface area contributed by atoms with Crippen LogP contribution in [0.3, 0.4) is 0 Å². The summed E-state index contributed by atoms with van der Waals surface area (Å²) < 4.78 is 44.1. The molecular formula is C22H25F3O2. The standard InChI is InChI=1S/C22H25F3O2/c1-15(2)13-21(26)27-20(14-17-7-5-4-6-8-17)16(3)18-9-11-19(12-10-18)22(23,24)25/h4-12,15-16,20H,13-14H2,1-3H3. The second-order valence-electron chi connectivity index (χ2n) is 7.22. The number of halogens is 3. The van der Waals surface area contributed by atoms with E-state index in [-0.39, 0.29) is 17.8 Å². The van der Waals surface area contributed by atoms with E-state index in [9.17, 15) is 18.0 Å². The predicted octanol–water partition coefficient (Wildman–Crippen LogP) is 6.01. The minimum Gasteiger partial charge on any atom is -0.461 e. The van der Waals surface area contributed by atoms with Gasteiger partial charge >= 0.3 is 12.1 Å². The Bertz CT molecular complexity index is 721. The normalized spacial score (nSPS) is 14.0. The molecule has 0 N–H and O–H groups in total. The lowest BCUT2D eigenvalue weighted by Gasteiger charge is -2.25. The van der Waals surface area contributed by atoms with Crippen molar-refractivity contribution in [3.8, 4) is 0 Å². The summed E-state index contributed by atoms with van der Waals surface area (Å²) in [5.74, 6) is -0.343. The van der Waals surface area contributed by atoms with Crippen LogP contribution in [0.15, 0.2) is 54.6 Å². The van der Waals surface area contributed by atoms with Crippen molar-refractivity contribution in [2.24, 2.45) is 5.92 Å². The highest BCUT2D eigenvalue weighted by Gasteiger charge is 2.31. The average Bonchev–Trinajstić information content (AvgIpc) is 2.60. The van der Waals surface area contributed by atoms with Crippen LogP contribution in [0.4, 0.5) is 13.2 Å². The summed E-state index contributed by atoms with van der Waals surface area (Å²) in [5.41, 5.74) is 1.04. The van der Waals surface area contributed by atoms with Gasteiger partial charge in [-0.15, -0.1) is 0 Å². The molecule has 0 saturated heterocycles. The molecule has 0 amide bonds. The molecule has 27 heavy (non-hydrogen) atoms. The lowest BCUT2D eigenvalue weighted by molar-refractivity contribution is -0.150. The number of benzene rings is 2. The summed E-state index contributed by atoms with van der Waals surface area (Å²) in [7, 11) is 0. The molecule has 5 heteroatoms. The van der Waals surface area contributed by atoms with Crippen molar-refractivity contribution in [2.75, 3.05) is 0 Å². The van der Waals surface area contributed by atoms with Gasteiger partial charge in [0.15, 0.2) is 0 Å². The van der Waals surface area contributed by atoms with E-state index in [1.54, 1.807) is 0 Å². The molecule has 0 aliphatic rings. The molecule has 2 unspecified atom stereocenters. The third kappa shape index (κ3) is 6.42. The Hall–Kier alpha value is -2.30. The van der Waals surface area contributed by atoms with Crippen LogP contribution in [-0.2, 0) is 22.1 Å². The first kappa shape index (κ1) is 21.0. The largest absolute Gasteiger partial charge is 0.461 e. The Labute approximate surface area is 158 Å². The first-order valence-electron chi connectivity index (χ1n) is 9.07. The SMILES string of the molecule is CC(C)CC(=O)OC(Cc1ccccc1)C(C)c1ccc(C(F)(F)F)cc1. The van der Waals surface area contributed by atoms with Crippen molar-refractivity contribution in [1.82, 2.24) is 0 Å². The zero-order chi connectivity index (χ0) is 20.0. The van der Waals surface area contributed by atoms with Gasteiger partial charge in [0, 0.05) is 18.8 Å². The molecule has 0 aromatic heterocycles. The van der Waals surface area contributed by atoms with Crippen LogP contribution in [0, 0.1) is 5.92 Å². The molecule has 0 radical (unpaired) electrons. The van der Waals surface area contributed by atoms with Gasteiger partial charge in [-0.25, -0.2) is 0 Å². The molecule has 0 fully saturated rings. The molecule has 0 heterocycles. The molecule has 0 aliphatic carbocycles. The zero-order valence-electron chi connectivity index (χ0n) is 15.8. The van der Waals surface area contributed by atoms with E-state index in [4.69, 9.17) is 4.74 Å². The van der Waals surface area contributed by atoms with E-state index in [1.807, 2.05) is 51.1 Å². The van der Waals surface area contributed by atoms with Crippen molar-refractivity contribution in [3.05, 3.63) is 71.3 Å². The van der Waals surface area contributed by atoms with Crippen LogP contribution >= 0.6 is 0 Å². The fourth-order valence-electron chi connectivity index (χ4n) is 2.91. The summed E-state index contributed by atoms with van der Waals surface area (Å²) in [6, 6.07) is 14.7. The quantitative estimate of drug-likeness (QED) is 0.552. The fourth-order valence-corrected chi connectivity index (χ4v) is 2.91. The van der Waals surface area contributed by atoms with E-state index in [2.05, 4.69) is 0 Å². The maximum Gasteiger partial charge on any atom is 0.416 e. The number of ether oxygens (including phenoxy) is 1. The summed E-state index contributed by atoms with van der Waals surface area (Å²) in [4.78, 5) is 12.2. The first-order chi connectivity index (χ1) is 12.7. The lowest BCUT2D eigenvalue weighted by atomic mass is 9.90. The minimum atomic E-state index is -4.37. The Balaban J connectivity index is 2.21. The van der Waals surface area contributed by atoms with Gasteiger partial charge in [0.2, 0.25) is 0 Å². The van der Waals surface area contributed by atoms with Crippen molar-refractivity contribution >= 4 is 5.97 Å². The van der Waals surface area contributed by atoms with Crippen molar-refractivity contribution in [2.45, 2.75) is 51.8 Å². The van der Waals surface area contributed by atoms with Crippen LogP contribution in [0.1, 0.15) is 49.8 Å². The Morgan fingerprint density at radius 3 is 2.07 bits per heavy atom. The molecule has 0 bridgehead atoms. The minimum absolute atomic E-state index is 0.177. The van der Waals surface area contributed by atoms with Crippen LogP contribution in [0.25, 0.3) is 0 Å². The van der Waals surface area contributed by atoms with Gasteiger partial charge < -0.3 is 4.74 Å². The van der Waals surface area contributed by atoms with Gasteiger partial charge in [0.05, 0.1) is 5.56 Å². The van der Waals surface area contributed by atoms with Crippen molar-refractivity contribution in [1.29, 1.82) is 0 Å². The highest BCUT2D eigenvalue weighted by molar-refractivity contribution is 5.70. The van der Waals surface area contributed by atoms with Crippen LogP contribution in [-0.4, -0.2) is 12.1 Å². The third-order valence-corrected chi connectivity index (χ3v) is 4.46. The molecule has 0 aliphatic heterocycles. The van der Waals surface area contributed by atoms with E-state index in [0.29, 0.717) is 18.4 Å². The van der Waals surface area contributed by atoms with Gasteiger partial charge in [-0.05, 0) is 29.2 Å². The number of alkyl halides is 3. The molecule has 2 atom stereocenters. The predicted molar refractivity (Wildman–Crippen MR) is 99.3 cm³/mol. The van der Waals surface area contributed by atoms with Gasteiger partial charge in [-0.3, -0.25) is 4.79 Å². The number of carbonyl (C=O) groups excluding carboxylic acids is 1. The Kier molecular flexibility index (Phi) is 7.05. The van der Waals surface area contributed by atoms with Crippen molar-refractivity contribution in [3.63, 3.8) is 0 Å². The molecule has 0 saturated carbocycles. The maximum atomic E-state index is 12.8. The average molecular weight is 378 g/mol. The smallest absolute Gasteiger partial charge is 0.416 e. The van der Waals surface area contributed by atoms with Gasteiger partial charge in [-0.1, -0.05) is 63.2 Å². The number of hydrogen-bond acceptors (Lipinski definition) is 2. The molecule has 2 nitrogen and oxygen atoms in total. The summed E-state index contributed by atoms with van der Waals surface area (Å²) in [5, 5.41) is 0. The third-order valence-electron chi connectivity index (χ3n) is 4.46. The van der Waals surface area contributed by atoms with Crippen molar-refractivity contribution < 1.29 is 22.7 Å². The first-order valence-corrected chi connectivity index (χ1v) is 9.07. The number of esters is 1. The lowest BCUT2D eigenvalue weighted by Crippen LogP contribution is -2.27. The van der Waals surface area contributed by atoms with Crippen LogP contribution in [0.2, 0.25) is 0 Å². The van der Waals surface area contributed by atoms with E-state index in [1.165, 1.54) is 12.1 Å². The van der Waals surface area contributed by atoms with Gasteiger partial charge in [0.1, 0.15) is 6.10 Å². The second kappa shape index (κ2) is 9.07. The highest BCUT2D eigenvalue weighted by atomic mass is 19.4. The Morgan fingerprint density at radius 2 is 1.56 bits per heavy atom. The van der Waals surface area contributed by atoms with E-state index in [0.717, 1.165) is 17.7 Å².